The van der Waals surface area contributed by atoms with Gasteiger partial charge in [-0.3, -0.25) is 9.59 Å². The Hall–Kier alpha value is -1.06. The molecule has 4 nitrogen and oxygen atoms in total. The first-order valence-corrected chi connectivity index (χ1v) is 5.35. The maximum Gasteiger partial charge on any atom is 0.242 e. The van der Waals surface area contributed by atoms with Crippen molar-refractivity contribution in [1.82, 2.24) is 10.6 Å². The Morgan fingerprint density at radius 2 is 2.00 bits per heavy atom. The van der Waals surface area contributed by atoms with Crippen molar-refractivity contribution in [3.63, 3.8) is 0 Å². The first-order valence-electron chi connectivity index (χ1n) is 5.35. The van der Waals surface area contributed by atoms with Crippen molar-refractivity contribution in [3.8, 4) is 0 Å². The number of hydrogen-bond acceptors (Lipinski definition) is 2. The lowest BCUT2D eigenvalue weighted by molar-refractivity contribution is -0.129. The Labute approximate surface area is 83.4 Å². The average molecular weight is 196 g/mol. The minimum Gasteiger partial charge on any atom is -0.354 e. The summed E-state index contributed by atoms with van der Waals surface area (Å²) in [4.78, 5) is 22.9. The lowest BCUT2D eigenvalue weighted by Gasteiger charge is -2.13. The normalized spacial score (nSPS) is 27.7. The molecule has 0 bridgehead atoms. The summed E-state index contributed by atoms with van der Waals surface area (Å²) in [5.41, 5.74) is 0. The van der Waals surface area contributed by atoms with Gasteiger partial charge in [-0.25, -0.2) is 0 Å². The predicted octanol–water partition coefficient (Wildman–Crippen LogP) is 0.181. The maximum absolute atomic E-state index is 11.7. The fraction of sp³-hybridized carbons (Fsp3) is 0.800. The first-order chi connectivity index (χ1) is 6.77. The van der Waals surface area contributed by atoms with Gasteiger partial charge in [-0.2, -0.15) is 0 Å². The molecule has 0 aromatic carbocycles. The number of hydrogen-bond donors (Lipinski definition) is 2. The lowest BCUT2D eigenvalue weighted by Crippen LogP contribution is -2.42. The molecule has 1 saturated carbocycles. The molecule has 0 aromatic rings. The third-order valence-electron chi connectivity index (χ3n) is 3.09. The topological polar surface area (TPSA) is 58.2 Å². The number of rotatable bonds is 2. The molecule has 2 aliphatic rings. The zero-order valence-electron chi connectivity index (χ0n) is 8.21. The van der Waals surface area contributed by atoms with Crippen molar-refractivity contribution in [2.45, 2.75) is 38.1 Å². The molecular formula is C10H16N2O2. The van der Waals surface area contributed by atoms with Crippen molar-refractivity contribution < 1.29 is 9.59 Å². The minimum absolute atomic E-state index is 0.0312. The highest BCUT2D eigenvalue weighted by Crippen LogP contribution is 2.24. The van der Waals surface area contributed by atoms with E-state index >= 15 is 0 Å². The second kappa shape index (κ2) is 3.98. The quantitative estimate of drug-likeness (QED) is 0.662. The summed E-state index contributed by atoms with van der Waals surface area (Å²) in [7, 11) is 0. The number of amides is 2. The molecule has 0 aromatic heterocycles. The van der Waals surface area contributed by atoms with Gasteiger partial charge in [0, 0.05) is 12.5 Å². The van der Waals surface area contributed by atoms with Gasteiger partial charge in [0.15, 0.2) is 0 Å². The molecule has 0 spiro atoms. The predicted molar refractivity (Wildman–Crippen MR) is 51.5 cm³/mol. The summed E-state index contributed by atoms with van der Waals surface area (Å²) >= 11 is 0. The van der Waals surface area contributed by atoms with E-state index < -0.39 is 0 Å². The SMILES string of the molecule is O=C(N[C@H]1CCNC1=O)C1CCCC1. The monoisotopic (exact) mass is 196 g/mol. The number of carbonyl (C=O) groups excluding carboxylic acids is 2. The first kappa shape index (κ1) is 9.49. The zero-order valence-corrected chi connectivity index (χ0v) is 8.21. The van der Waals surface area contributed by atoms with E-state index in [1.807, 2.05) is 0 Å². The van der Waals surface area contributed by atoms with Gasteiger partial charge in [0.2, 0.25) is 11.8 Å². The number of carbonyl (C=O) groups is 2. The third-order valence-corrected chi connectivity index (χ3v) is 3.09. The van der Waals surface area contributed by atoms with E-state index in [2.05, 4.69) is 10.6 Å². The molecule has 14 heavy (non-hydrogen) atoms. The minimum atomic E-state index is -0.275. The molecule has 1 atom stereocenters. The molecule has 1 aliphatic carbocycles. The molecule has 0 unspecified atom stereocenters. The zero-order chi connectivity index (χ0) is 9.97. The van der Waals surface area contributed by atoms with E-state index in [4.69, 9.17) is 0 Å². The van der Waals surface area contributed by atoms with Crippen LogP contribution in [0.4, 0.5) is 0 Å². The third kappa shape index (κ3) is 1.89. The van der Waals surface area contributed by atoms with Crippen LogP contribution in [0.1, 0.15) is 32.1 Å². The van der Waals surface area contributed by atoms with Gasteiger partial charge in [0.1, 0.15) is 6.04 Å². The van der Waals surface area contributed by atoms with Crippen molar-refractivity contribution in [1.29, 1.82) is 0 Å². The molecule has 4 heteroatoms. The number of nitrogens with one attached hydrogen (secondary N) is 2. The molecule has 1 saturated heterocycles. The van der Waals surface area contributed by atoms with E-state index in [1.165, 1.54) is 0 Å². The van der Waals surface area contributed by atoms with Crippen LogP contribution in [0.2, 0.25) is 0 Å². The van der Waals surface area contributed by atoms with Crippen LogP contribution >= 0.6 is 0 Å². The molecule has 2 N–H and O–H groups in total. The average Bonchev–Trinajstić information content (AvgIpc) is 2.77. The second-order valence-electron chi connectivity index (χ2n) is 4.12. The maximum atomic E-state index is 11.7. The van der Waals surface area contributed by atoms with E-state index in [1.54, 1.807) is 0 Å². The molecule has 2 amide bonds. The Balaban J connectivity index is 1.84. The Kier molecular flexibility index (Phi) is 2.70. The smallest absolute Gasteiger partial charge is 0.242 e. The van der Waals surface area contributed by atoms with Gasteiger partial charge >= 0.3 is 0 Å². The highest BCUT2D eigenvalue weighted by Gasteiger charge is 2.29. The highest BCUT2D eigenvalue weighted by atomic mass is 16.2. The standard InChI is InChI=1S/C10H16N2O2/c13-9(7-3-1-2-4-7)12-8-5-6-11-10(8)14/h7-8H,1-6H2,(H,11,14)(H,12,13)/t8-/m0/s1. The van der Waals surface area contributed by atoms with Crippen LogP contribution in [-0.4, -0.2) is 24.4 Å². The summed E-state index contributed by atoms with van der Waals surface area (Å²) in [5.74, 6) is 0.198. The summed E-state index contributed by atoms with van der Waals surface area (Å²) in [6.45, 7) is 0.689. The molecule has 78 valence electrons. The van der Waals surface area contributed by atoms with Crippen molar-refractivity contribution >= 4 is 11.8 Å². The van der Waals surface area contributed by atoms with Crippen molar-refractivity contribution in [3.05, 3.63) is 0 Å². The van der Waals surface area contributed by atoms with E-state index in [0.717, 1.165) is 32.1 Å². The second-order valence-corrected chi connectivity index (χ2v) is 4.12. The molecule has 1 aliphatic heterocycles. The van der Waals surface area contributed by atoms with Crippen LogP contribution in [-0.2, 0) is 9.59 Å². The fourth-order valence-electron chi connectivity index (χ4n) is 2.21. The highest BCUT2D eigenvalue weighted by molar-refractivity contribution is 5.89. The van der Waals surface area contributed by atoms with Crippen LogP contribution in [0.15, 0.2) is 0 Å². The molecule has 2 fully saturated rings. The van der Waals surface area contributed by atoms with Crippen LogP contribution in [0.25, 0.3) is 0 Å². The van der Waals surface area contributed by atoms with Gasteiger partial charge in [-0.15, -0.1) is 0 Å². The Morgan fingerprint density at radius 3 is 2.57 bits per heavy atom. The van der Waals surface area contributed by atoms with Gasteiger partial charge in [-0.1, -0.05) is 12.8 Å². The molecular weight excluding hydrogens is 180 g/mol. The van der Waals surface area contributed by atoms with Crippen molar-refractivity contribution in [2.75, 3.05) is 6.54 Å². The summed E-state index contributed by atoms with van der Waals surface area (Å²) in [6.07, 6.45) is 5.00. The van der Waals surface area contributed by atoms with Gasteiger partial charge in [0.05, 0.1) is 0 Å². The molecule has 0 radical (unpaired) electrons. The fourth-order valence-corrected chi connectivity index (χ4v) is 2.21. The lowest BCUT2D eigenvalue weighted by atomic mass is 10.1. The summed E-state index contributed by atoms with van der Waals surface area (Å²) in [6, 6.07) is -0.275. The largest absolute Gasteiger partial charge is 0.354 e. The van der Waals surface area contributed by atoms with Crippen LogP contribution < -0.4 is 10.6 Å². The van der Waals surface area contributed by atoms with Crippen LogP contribution in [0.5, 0.6) is 0 Å². The summed E-state index contributed by atoms with van der Waals surface area (Å²) in [5, 5.41) is 5.53. The van der Waals surface area contributed by atoms with Gasteiger partial charge < -0.3 is 10.6 Å². The van der Waals surface area contributed by atoms with Gasteiger partial charge in [-0.05, 0) is 19.3 Å². The van der Waals surface area contributed by atoms with Crippen LogP contribution in [0.3, 0.4) is 0 Å². The Morgan fingerprint density at radius 1 is 1.29 bits per heavy atom. The van der Waals surface area contributed by atoms with E-state index in [9.17, 15) is 9.59 Å². The van der Waals surface area contributed by atoms with E-state index in [-0.39, 0.29) is 23.8 Å². The summed E-state index contributed by atoms with van der Waals surface area (Å²) < 4.78 is 0. The van der Waals surface area contributed by atoms with Crippen LogP contribution in [0, 0.1) is 5.92 Å². The molecule has 2 rings (SSSR count). The molecule has 1 heterocycles. The van der Waals surface area contributed by atoms with Crippen molar-refractivity contribution in [2.24, 2.45) is 5.92 Å². The van der Waals surface area contributed by atoms with E-state index in [0.29, 0.717) is 6.54 Å². The Bertz CT molecular complexity index is 247. The van der Waals surface area contributed by atoms with Gasteiger partial charge in [0.25, 0.3) is 0 Å².